The maximum absolute atomic E-state index is 6.30. The van der Waals surface area contributed by atoms with E-state index in [0.717, 1.165) is 89.4 Å². The first-order valence-electron chi connectivity index (χ1n) is 44.8. The Labute approximate surface area is 764 Å². The third kappa shape index (κ3) is 12.4. The number of fused-ring (bicyclic) bond motifs is 23. The van der Waals surface area contributed by atoms with Crippen molar-refractivity contribution in [3.8, 4) is 78.1 Å². The number of furan rings is 2. The van der Waals surface area contributed by atoms with Gasteiger partial charge in [-0.15, -0.1) is 22.7 Å². The van der Waals surface area contributed by atoms with Crippen molar-refractivity contribution in [1.82, 2.24) is 9.13 Å². The molecule has 0 aliphatic heterocycles. The summed E-state index contributed by atoms with van der Waals surface area (Å²) in [6.45, 7) is 4.72. The molecule has 616 valence electrons. The van der Waals surface area contributed by atoms with Gasteiger partial charge in [0.1, 0.15) is 22.3 Å². The number of nitrogens with zero attached hydrogens (tertiary/aromatic N) is 4. The predicted octanol–water partition coefficient (Wildman–Crippen LogP) is 35.7. The van der Waals surface area contributed by atoms with Crippen LogP contribution in [0.15, 0.2) is 458 Å². The van der Waals surface area contributed by atoms with E-state index in [1.807, 2.05) is 34.8 Å². The average molecular weight is 1710 g/mol. The summed E-state index contributed by atoms with van der Waals surface area (Å²) < 4.78 is 22.7. The van der Waals surface area contributed by atoms with Gasteiger partial charge in [0.05, 0.1) is 22.1 Å². The summed E-state index contributed by atoms with van der Waals surface area (Å²) in [5.41, 5.74) is 34.7. The molecule has 1 aliphatic carbocycles. The van der Waals surface area contributed by atoms with Gasteiger partial charge in [-0.2, -0.15) is 0 Å². The van der Waals surface area contributed by atoms with Crippen molar-refractivity contribution in [2.45, 2.75) is 19.3 Å². The molecule has 0 atom stereocenters. The zero-order valence-electron chi connectivity index (χ0n) is 71.6. The third-order valence-corrected chi connectivity index (χ3v) is 29.6. The molecule has 6 aromatic heterocycles. The van der Waals surface area contributed by atoms with Crippen LogP contribution in [0.3, 0.4) is 0 Å². The van der Waals surface area contributed by atoms with E-state index in [9.17, 15) is 0 Å². The molecular weight excluding hydrogens is 1630 g/mol. The van der Waals surface area contributed by atoms with Crippen LogP contribution in [0, 0.1) is 0 Å². The topological polar surface area (TPSA) is 42.6 Å². The quantitative estimate of drug-likeness (QED) is 0.115. The molecular formula is C123H80N4O2S2. The second kappa shape index (κ2) is 30.4. The maximum atomic E-state index is 6.30. The van der Waals surface area contributed by atoms with Crippen LogP contribution in [0.25, 0.3) is 206 Å². The molecule has 6 heterocycles. The molecule has 0 N–H and O–H groups in total. The maximum Gasteiger partial charge on any atom is 0.135 e. The fourth-order valence-electron chi connectivity index (χ4n) is 21.0. The van der Waals surface area contributed by atoms with Crippen LogP contribution in [0.5, 0.6) is 0 Å². The minimum atomic E-state index is -0.119. The van der Waals surface area contributed by atoms with Gasteiger partial charge in [0, 0.05) is 145 Å². The molecule has 0 spiro atoms. The van der Waals surface area contributed by atoms with Crippen LogP contribution < -0.4 is 9.80 Å². The highest BCUT2D eigenvalue weighted by atomic mass is 32.1. The molecule has 0 saturated heterocycles. The number of hydrogen-bond donors (Lipinski definition) is 0. The zero-order valence-corrected chi connectivity index (χ0v) is 73.3. The van der Waals surface area contributed by atoms with Crippen LogP contribution in [0.4, 0.5) is 34.1 Å². The lowest BCUT2D eigenvalue weighted by molar-refractivity contribution is 0.660. The summed E-state index contributed by atoms with van der Waals surface area (Å²) in [5, 5.41) is 14.6. The Balaban J connectivity index is 0.000000138. The molecule has 27 rings (SSSR count). The van der Waals surface area contributed by atoms with Gasteiger partial charge in [-0.05, 0) is 224 Å². The first-order valence-corrected chi connectivity index (χ1v) is 46.4. The van der Waals surface area contributed by atoms with E-state index in [-0.39, 0.29) is 5.41 Å². The average Bonchev–Trinajstić information content (AvgIpc) is 1.55. The van der Waals surface area contributed by atoms with Crippen molar-refractivity contribution >= 4 is 185 Å². The summed E-state index contributed by atoms with van der Waals surface area (Å²) in [4.78, 5) is 4.78. The minimum Gasteiger partial charge on any atom is -0.456 e. The molecule has 0 radical (unpaired) electrons. The molecule has 0 bridgehead atoms. The summed E-state index contributed by atoms with van der Waals surface area (Å²) >= 11 is 3.77. The summed E-state index contributed by atoms with van der Waals surface area (Å²) in [6.07, 6.45) is 0. The van der Waals surface area contributed by atoms with E-state index in [2.05, 4.69) is 470 Å². The molecule has 6 nitrogen and oxygen atoms in total. The van der Waals surface area contributed by atoms with Crippen molar-refractivity contribution in [2.75, 3.05) is 9.80 Å². The molecule has 20 aromatic carbocycles. The third-order valence-electron chi connectivity index (χ3n) is 27.2. The lowest BCUT2D eigenvalue weighted by atomic mass is 9.82. The fraction of sp³-hybridized carbons (Fsp3) is 0.0244. The van der Waals surface area contributed by atoms with Gasteiger partial charge in [0.15, 0.2) is 0 Å². The van der Waals surface area contributed by atoms with E-state index in [1.54, 1.807) is 0 Å². The Hall–Kier alpha value is -16.4. The number of thiophene rings is 2. The number of aromatic nitrogens is 2. The second-order valence-corrected chi connectivity index (χ2v) is 37.0. The van der Waals surface area contributed by atoms with Crippen molar-refractivity contribution in [1.29, 1.82) is 0 Å². The second-order valence-electron chi connectivity index (χ2n) is 34.9. The van der Waals surface area contributed by atoms with Gasteiger partial charge in [-0.1, -0.05) is 305 Å². The number of rotatable bonds is 13. The Morgan fingerprint density at radius 1 is 0.221 bits per heavy atom. The Bertz CT molecular complexity index is 8950. The molecule has 1 aliphatic rings. The van der Waals surface area contributed by atoms with Gasteiger partial charge in [0.25, 0.3) is 0 Å². The monoisotopic (exact) mass is 1710 g/mol. The van der Waals surface area contributed by atoms with Gasteiger partial charge < -0.3 is 27.8 Å². The molecule has 0 fully saturated rings. The van der Waals surface area contributed by atoms with Crippen molar-refractivity contribution in [3.05, 3.63) is 460 Å². The highest BCUT2D eigenvalue weighted by molar-refractivity contribution is 7.27. The van der Waals surface area contributed by atoms with Crippen LogP contribution in [0.1, 0.15) is 25.0 Å². The van der Waals surface area contributed by atoms with E-state index in [0.29, 0.717) is 0 Å². The lowest BCUT2D eigenvalue weighted by Crippen LogP contribution is -2.16. The lowest BCUT2D eigenvalue weighted by Gasteiger charge is -2.28. The summed E-state index contributed by atoms with van der Waals surface area (Å²) in [5.74, 6) is 0. The van der Waals surface area contributed by atoms with Crippen molar-refractivity contribution < 1.29 is 8.83 Å². The Kier molecular flexibility index (Phi) is 17.6. The van der Waals surface area contributed by atoms with Gasteiger partial charge in [0.2, 0.25) is 0 Å². The molecule has 8 heteroatoms. The van der Waals surface area contributed by atoms with Crippen molar-refractivity contribution in [3.63, 3.8) is 0 Å². The summed E-state index contributed by atoms with van der Waals surface area (Å²) in [6, 6.07) is 163. The number of hydrogen-bond acceptors (Lipinski definition) is 6. The minimum absolute atomic E-state index is 0.119. The van der Waals surface area contributed by atoms with Crippen LogP contribution >= 0.6 is 22.7 Å². The molecule has 0 saturated carbocycles. The molecule has 0 unspecified atom stereocenters. The standard InChI is InChI=1S/C63H42N2OS.C60H38N2OS/c1-63(2)54-20-10-6-16-46(54)47-34-32-45(37-55(47)63)64(42-28-24-40(25-29-42)39-14-4-3-5-15-39)43-30-26-41(27-31-43)51-38-53-48-17-7-11-21-56(48)65(61(53)60-50-19-9-13-23-59(50)67-62(51)60)44-33-35-58-52(36-44)49-18-8-12-22-57(49)66-58;1-3-13-39(14-4-1)41-23-29-44(30-24-41)61(45-31-25-42(26-32-45)40-15-5-2-6-16-40)46-33-27-43(28-34-46)51-38-53-48-17-7-10-20-54(48)62(59(53)58-50-19-9-12-22-57(50)64-60(51)58)47-35-36-56-52(37-47)49-18-8-11-21-55(49)63-56/h3-38H,1-2H3;1-38H. The van der Waals surface area contributed by atoms with E-state index in [1.165, 1.54) is 162 Å². The number of benzene rings is 20. The van der Waals surface area contributed by atoms with Gasteiger partial charge in [-0.25, -0.2) is 0 Å². The van der Waals surface area contributed by atoms with Crippen LogP contribution in [-0.2, 0) is 5.41 Å². The predicted molar refractivity (Wildman–Crippen MR) is 556 cm³/mol. The highest BCUT2D eigenvalue weighted by Crippen LogP contribution is 2.55. The number of anilines is 6. The van der Waals surface area contributed by atoms with Crippen LogP contribution in [-0.4, -0.2) is 9.13 Å². The largest absolute Gasteiger partial charge is 0.456 e. The van der Waals surface area contributed by atoms with Gasteiger partial charge in [-0.3, -0.25) is 0 Å². The zero-order chi connectivity index (χ0) is 86.5. The Morgan fingerprint density at radius 3 is 0.969 bits per heavy atom. The SMILES string of the molecule is CC1(C)c2ccccc2-c2ccc(N(c3ccc(-c4ccccc4)cc3)c3ccc(-c4cc5c6ccccc6n(-c6ccc7oc8ccccc8c7c6)c5c5c4sc4ccccc45)cc3)cc21.c1ccc(-c2ccc(N(c3ccc(-c4ccccc4)cc3)c3ccc(-c4cc5c6ccccc6n(-c6ccc7oc8ccccc8c7c6)c5c5c4sc4ccccc45)cc3)cc2)cc1. The smallest absolute Gasteiger partial charge is 0.135 e. The normalized spacial score (nSPS) is 12.4. The van der Waals surface area contributed by atoms with E-state index in [4.69, 9.17) is 8.83 Å². The highest BCUT2D eigenvalue weighted by Gasteiger charge is 2.36. The molecule has 26 aromatic rings. The van der Waals surface area contributed by atoms with Crippen molar-refractivity contribution in [2.24, 2.45) is 0 Å². The molecule has 0 amide bonds. The summed E-state index contributed by atoms with van der Waals surface area (Å²) in [7, 11) is 0. The van der Waals surface area contributed by atoms with Gasteiger partial charge >= 0.3 is 0 Å². The first kappa shape index (κ1) is 75.9. The van der Waals surface area contributed by atoms with Crippen LogP contribution in [0.2, 0.25) is 0 Å². The van der Waals surface area contributed by atoms with E-state index < -0.39 is 0 Å². The van der Waals surface area contributed by atoms with E-state index >= 15 is 0 Å². The fourth-order valence-corrected chi connectivity index (χ4v) is 23.4. The first-order chi connectivity index (χ1) is 64.7. The Morgan fingerprint density at radius 2 is 0.542 bits per heavy atom. The molecule has 131 heavy (non-hydrogen) atoms. The number of para-hydroxylation sites is 4.